The minimum atomic E-state index is -1.53. The molecule has 1 heterocycles. The van der Waals surface area contributed by atoms with E-state index < -0.39 is 48.1 Å². The van der Waals surface area contributed by atoms with Gasteiger partial charge in [0.25, 0.3) is 0 Å². The average molecular weight is 444 g/mol. The van der Waals surface area contributed by atoms with Crippen LogP contribution in [0.3, 0.4) is 0 Å². The van der Waals surface area contributed by atoms with Crippen LogP contribution in [-0.2, 0) is 0 Å². The van der Waals surface area contributed by atoms with E-state index >= 15 is 0 Å². The Morgan fingerprint density at radius 2 is 1.78 bits per heavy atom. The summed E-state index contributed by atoms with van der Waals surface area (Å²) in [7, 11) is 1.28. The van der Waals surface area contributed by atoms with Crippen LogP contribution in [0.5, 0.6) is 17.2 Å². The summed E-state index contributed by atoms with van der Waals surface area (Å²) in [5.41, 5.74) is 0.216. The summed E-state index contributed by atoms with van der Waals surface area (Å²) >= 11 is 0. The lowest BCUT2D eigenvalue weighted by Crippen LogP contribution is -2.56. The van der Waals surface area contributed by atoms with E-state index in [0.717, 1.165) is 0 Å². The number of aromatic hydroxyl groups is 1. The van der Waals surface area contributed by atoms with Crippen LogP contribution in [0.25, 0.3) is 22.3 Å². The van der Waals surface area contributed by atoms with Crippen molar-refractivity contribution in [2.24, 2.45) is 5.92 Å². The number of phenolic OH excluding ortho intramolecular Hbond substituents is 1. The van der Waals surface area contributed by atoms with Crippen molar-refractivity contribution in [3.8, 4) is 28.6 Å². The molecule has 0 saturated heterocycles. The van der Waals surface area contributed by atoms with Gasteiger partial charge >= 0.3 is 0 Å². The molecule has 0 radical (unpaired) electrons. The Kier molecular flexibility index (Phi) is 6.07. The Hall–Kier alpha value is -3.11. The molecule has 32 heavy (non-hydrogen) atoms. The molecule has 9 heteroatoms. The zero-order valence-corrected chi connectivity index (χ0v) is 17.2. The van der Waals surface area contributed by atoms with Crippen LogP contribution in [0.1, 0.15) is 6.42 Å². The van der Waals surface area contributed by atoms with Gasteiger partial charge in [-0.2, -0.15) is 0 Å². The number of rotatable bonds is 5. The summed E-state index contributed by atoms with van der Waals surface area (Å²) in [5, 5.41) is 50.6. The van der Waals surface area contributed by atoms with Gasteiger partial charge < -0.3 is 39.4 Å². The second-order valence-electron chi connectivity index (χ2n) is 7.78. The molecular weight excluding hydrogens is 420 g/mol. The zero-order valence-electron chi connectivity index (χ0n) is 17.2. The first-order valence-electron chi connectivity index (χ1n) is 10.1. The maximum absolute atomic E-state index is 12.7. The van der Waals surface area contributed by atoms with E-state index in [1.165, 1.54) is 19.2 Å². The summed E-state index contributed by atoms with van der Waals surface area (Å²) in [6, 6.07) is 11.6. The lowest BCUT2D eigenvalue weighted by atomic mass is 9.81. The number of aliphatic hydroxyl groups is 4. The number of methoxy groups -OCH3 is 1. The zero-order chi connectivity index (χ0) is 23.0. The van der Waals surface area contributed by atoms with Crippen LogP contribution in [0.4, 0.5) is 0 Å². The summed E-state index contributed by atoms with van der Waals surface area (Å²) in [6.45, 7) is -0.416. The molecule has 5 atom stereocenters. The van der Waals surface area contributed by atoms with Crippen LogP contribution in [0.15, 0.2) is 51.7 Å². The summed E-state index contributed by atoms with van der Waals surface area (Å²) in [5.74, 6) is -1.10. The SMILES string of the molecule is COc1c(OC2CC(CO)C(O)C(O)C2O)cc2oc(-c3ccccc3)cc(=O)c2c1O. The van der Waals surface area contributed by atoms with E-state index in [4.69, 9.17) is 13.9 Å². The van der Waals surface area contributed by atoms with Gasteiger partial charge in [-0.25, -0.2) is 0 Å². The van der Waals surface area contributed by atoms with Gasteiger partial charge in [0.05, 0.1) is 13.2 Å². The molecule has 170 valence electrons. The lowest BCUT2D eigenvalue weighted by Gasteiger charge is -2.39. The van der Waals surface area contributed by atoms with Gasteiger partial charge in [0, 0.05) is 30.2 Å². The normalized spacial score (nSPS) is 25.6. The first-order valence-corrected chi connectivity index (χ1v) is 10.1. The van der Waals surface area contributed by atoms with Gasteiger partial charge in [-0.05, 0) is 6.42 Å². The molecule has 0 bridgehead atoms. The molecule has 5 N–H and O–H groups in total. The molecular formula is C23H24O9. The fourth-order valence-corrected chi connectivity index (χ4v) is 4.03. The molecule has 1 aliphatic carbocycles. The van der Waals surface area contributed by atoms with Crippen molar-refractivity contribution in [2.45, 2.75) is 30.8 Å². The van der Waals surface area contributed by atoms with E-state index in [1.807, 2.05) is 6.07 Å². The van der Waals surface area contributed by atoms with E-state index in [1.54, 1.807) is 24.3 Å². The predicted molar refractivity (Wildman–Crippen MR) is 114 cm³/mol. The third kappa shape index (κ3) is 3.80. The number of hydrogen-bond donors (Lipinski definition) is 5. The highest BCUT2D eigenvalue weighted by molar-refractivity contribution is 5.89. The highest BCUT2D eigenvalue weighted by Crippen LogP contribution is 2.43. The third-order valence-corrected chi connectivity index (χ3v) is 5.79. The van der Waals surface area contributed by atoms with Crippen molar-refractivity contribution in [3.63, 3.8) is 0 Å². The van der Waals surface area contributed by atoms with Crippen LogP contribution in [0, 0.1) is 5.92 Å². The molecule has 9 nitrogen and oxygen atoms in total. The maximum atomic E-state index is 12.7. The molecule has 1 aliphatic rings. The van der Waals surface area contributed by atoms with E-state index in [0.29, 0.717) is 5.56 Å². The van der Waals surface area contributed by atoms with Crippen LogP contribution < -0.4 is 14.9 Å². The second-order valence-corrected chi connectivity index (χ2v) is 7.78. The van der Waals surface area contributed by atoms with E-state index in [9.17, 15) is 30.3 Å². The van der Waals surface area contributed by atoms with Crippen LogP contribution in [-0.4, -0.2) is 63.7 Å². The molecule has 0 amide bonds. The molecule has 1 saturated carbocycles. The molecule has 0 aliphatic heterocycles. The number of ether oxygens (including phenoxy) is 2. The summed E-state index contributed by atoms with van der Waals surface area (Å²) in [6.07, 6.45) is -5.30. The topological polar surface area (TPSA) is 150 Å². The minimum Gasteiger partial charge on any atom is -0.504 e. The fraction of sp³-hybridized carbons (Fsp3) is 0.348. The van der Waals surface area contributed by atoms with Crippen molar-refractivity contribution in [1.82, 2.24) is 0 Å². The first kappa shape index (κ1) is 22.1. The maximum Gasteiger partial charge on any atom is 0.204 e. The molecule has 3 aromatic rings. The first-order chi connectivity index (χ1) is 15.3. The van der Waals surface area contributed by atoms with Crippen molar-refractivity contribution >= 4 is 11.0 Å². The smallest absolute Gasteiger partial charge is 0.204 e. The quantitative estimate of drug-likeness (QED) is 0.389. The third-order valence-electron chi connectivity index (χ3n) is 5.79. The standard InChI is InChI=1S/C23H24O9/c1-30-23-17(32-16-7-12(10-24)19(26)22(29)20(16)27)9-15-18(21(23)28)13(25)8-14(31-15)11-5-3-2-4-6-11/h2-6,8-9,12,16,19-20,22,24,26-29H,7,10H2,1H3. The van der Waals surface area contributed by atoms with Gasteiger partial charge in [-0.15, -0.1) is 0 Å². The molecule has 1 aromatic heterocycles. The minimum absolute atomic E-state index is 0.0322. The largest absolute Gasteiger partial charge is 0.504 e. The van der Waals surface area contributed by atoms with Crippen LogP contribution in [0.2, 0.25) is 0 Å². The van der Waals surface area contributed by atoms with Gasteiger partial charge in [0.15, 0.2) is 16.9 Å². The second kappa shape index (κ2) is 8.79. The van der Waals surface area contributed by atoms with Crippen molar-refractivity contribution < 1.29 is 39.4 Å². The summed E-state index contributed by atoms with van der Waals surface area (Å²) in [4.78, 5) is 12.7. The number of hydrogen-bond acceptors (Lipinski definition) is 9. The van der Waals surface area contributed by atoms with Crippen LogP contribution >= 0.6 is 0 Å². The Morgan fingerprint density at radius 1 is 1.06 bits per heavy atom. The number of fused-ring (bicyclic) bond motifs is 1. The average Bonchev–Trinajstić information content (AvgIpc) is 2.79. The molecule has 1 fully saturated rings. The fourth-order valence-electron chi connectivity index (χ4n) is 4.03. The highest BCUT2D eigenvalue weighted by Gasteiger charge is 2.44. The monoisotopic (exact) mass is 444 g/mol. The van der Waals surface area contributed by atoms with Gasteiger partial charge in [0.2, 0.25) is 5.75 Å². The molecule has 5 unspecified atom stereocenters. The molecule has 4 rings (SSSR count). The van der Waals surface area contributed by atoms with Gasteiger partial charge in [0.1, 0.15) is 35.0 Å². The number of benzene rings is 2. The number of aliphatic hydroxyl groups excluding tert-OH is 4. The summed E-state index contributed by atoms with van der Waals surface area (Å²) < 4.78 is 16.9. The molecule has 0 spiro atoms. The lowest BCUT2D eigenvalue weighted by molar-refractivity contribution is -0.157. The Bertz CT molecular complexity index is 1160. The highest BCUT2D eigenvalue weighted by atomic mass is 16.5. The Labute approximate surface area is 182 Å². The van der Waals surface area contributed by atoms with Crippen molar-refractivity contribution in [3.05, 3.63) is 52.7 Å². The van der Waals surface area contributed by atoms with Crippen molar-refractivity contribution in [1.29, 1.82) is 0 Å². The Morgan fingerprint density at radius 3 is 2.44 bits per heavy atom. The van der Waals surface area contributed by atoms with E-state index in [-0.39, 0.29) is 34.6 Å². The van der Waals surface area contributed by atoms with Gasteiger partial charge in [-0.1, -0.05) is 30.3 Å². The van der Waals surface area contributed by atoms with Gasteiger partial charge in [-0.3, -0.25) is 4.79 Å². The van der Waals surface area contributed by atoms with E-state index in [2.05, 4.69) is 0 Å². The predicted octanol–water partition coefficient (Wildman–Crippen LogP) is 1.02. The Balaban J connectivity index is 1.79. The van der Waals surface area contributed by atoms with Crippen molar-refractivity contribution in [2.75, 3.05) is 13.7 Å². The number of phenols is 1. The molecule has 2 aromatic carbocycles.